The van der Waals surface area contributed by atoms with Crippen molar-refractivity contribution in [1.29, 1.82) is 0 Å². The van der Waals surface area contributed by atoms with Crippen LogP contribution < -0.4 is 10.5 Å². The van der Waals surface area contributed by atoms with Crippen molar-refractivity contribution in [3.05, 3.63) is 23.0 Å². The number of ether oxygens (including phenoxy) is 1. The molecule has 1 aliphatic rings. The maximum atomic E-state index is 11.4. The number of nitrogens with two attached hydrogens (primary N) is 1. The van der Waals surface area contributed by atoms with Crippen LogP contribution in [0.15, 0.2) is 6.07 Å². The quantitative estimate of drug-likeness (QED) is 0.793. The number of primary amides is 1. The van der Waals surface area contributed by atoms with Gasteiger partial charge in [0.1, 0.15) is 11.6 Å². The van der Waals surface area contributed by atoms with Gasteiger partial charge >= 0.3 is 0 Å². The number of fused-ring (bicyclic) bond motifs is 3. The lowest BCUT2D eigenvalue weighted by atomic mass is 10.1. The van der Waals surface area contributed by atoms with E-state index in [4.69, 9.17) is 10.5 Å². The zero-order valence-corrected chi connectivity index (χ0v) is 9.78. The molecule has 2 aromatic rings. The molecule has 5 heteroatoms. The molecule has 0 bridgehead atoms. The van der Waals surface area contributed by atoms with Gasteiger partial charge in [0.25, 0.3) is 5.91 Å². The summed E-state index contributed by atoms with van der Waals surface area (Å²) in [6, 6.07) is 1.72. The Hall–Kier alpha value is -2.04. The van der Waals surface area contributed by atoms with Crippen LogP contribution in [0.25, 0.3) is 11.0 Å². The number of aryl methyl sites for hydroxylation is 2. The van der Waals surface area contributed by atoms with E-state index in [9.17, 15) is 4.79 Å². The van der Waals surface area contributed by atoms with Gasteiger partial charge in [-0.1, -0.05) is 0 Å². The number of hydrogen-bond acceptors (Lipinski definition) is 3. The topological polar surface area (TPSA) is 70.1 Å². The summed E-state index contributed by atoms with van der Waals surface area (Å²) in [6.45, 7) is 2.53. The summed E-state index contributed by atoms with van der Waals surface area (Å²) in [4.78, 5) is 15.8. The third kappa shape index (κ3) is 1.25. The molecule has 1 aliphatic heterocycles. The van der Waals surface area contributed by atoms with Gasteiger partial charge in [0.05, 0.1) is 23.2 Å². The average molecular weight is 231 g/mol. The molecule has 0 aliphatic carbocycles. The van der Waals surface area contributed by atoms with Crippen molar-refractivity contribution in [2.24, 2.45) is 12.8 Å². The molecule has 0 saturated carbocycles. The normalized spacial score (nSPS) is 13.8. The van der Waals surface area contributed by atoms with E-state index in [-0.39, 0.29) is 0 Å². The Balaban J connectivity index is 2.46. The molecule has 1 aromatic carbocycles. The second-order valence-corrected chi connectivity index (χ2v) is 4.28. The van der Waals surface area contributed by atoms with Crippen LogP contribution in [0.4, 0.5) is 0 Å². The summed E-state index contributed by atoms with van der Waals surface area (Å²) in [5.74, 6) is 1.08. The number of nitrogens with zero attached hydrogens (tertiary/aromatic N) is 2. The number of amides is 1. The molecule has 1 amide bonds. The average Bonchev–Trinajstić information content (AvgIpc) is 2.83. The minimum Gasteiger partial charge on any atom is -0.492 e. The van der Waals surface area contributed by atoms with E-state index in [1.54, 1.807) is 6.07 Å². The third-order valence-corrected chi connectivity index (χ3v) is 3.30. The third-order valence-electron chi connectivity index (χ3n) is 3.30. The lowest BCUT2D eigenvalue weighted by Gasteiger charge is -2.06. The Morgan fingerprint density at radius 2 is 2.35 bits per heavy atom. The first kappa shape index (κ1) is 10.1. The molecular formula is C12H13N3O2. The fourth-order valence-corrected chi connectivity index (χ4v) is 2.40. The number of hydrogen-bond donors (Lipinski definition) is 1. The highest BCUT2D eigenvalue weighted by Gasteiger charge is 2.25. The van der Waals surface area contributed by atoms with Crippen LogP contribution in [0.2, 0.25) is 0 Å². The monoisotopic (exact) mass is 231 g/mol. The number of rotatable bonds is 1. The Kier molecular flexibility index (Phi) is 1.92. The van der Waals surface area contributed by atoms with E-state index in [1.807, 2.05) is 18.5 Å². The fourth-order valence-electron chi connectivity index (χ4n) is 2.40. The smallest absolute Gasteiger partial charge is 0.252 e. The SMILES string of the molecule is Cc1nc2cc(C(N)=O)c3c(c2n1C)CCO3. The lowest BCUT2D eigenvalue weighted by Crippen LogP contribution is -2.12. The van der Waals surface area contributed by atoms with Crippen molar-refractivity contribution < 1.29 is 9.53 Å². The van der Waals surface area contributed by atoms with E-state index >= 15 is 0 Å². The van der Waals surface area contributed by atoms with Gasteiger partial charge in [0, 0.05) is 19.0 Å². The van der Waals surface area contributed by atoms with Crippen LogP contribution in [0, 0.1) is 6.92 Å². The van der Waals surface area contributed by atoms with Crippen LogP contribution in [-0.4, -0.2) is 22.1 Å². The van der Waals surface area contributed by atoms with Crippen LogP contribution in [0.1, 0.15) is 21.7 Å². The largest absolute Gasteiger partial charge is 0.492 e. The van der Waals surface area contributed by atoms with Crippen molar-refractivity contribution >= 4 is 16.9 Å². The standard InChI is InChI=1S/C12H13N3O2/c1-6-14-9-5-8(12(13)16)11-7(3-4-17-11)10(9)15(6)2/h5H,3-4H2,1-2H3,(H2,13,16). The van der Waals surface area contributed by atoms with Crippen LogP contribution in [0.3, 0.4) is 0 Å². The summed E-state index contributed by atoms with van der Waals surface area (Å²) < 4.78 is 7.54. The molecule has 0 radical (unpaired) electrons. The van der Waals surface area contributed by atoms with Crippen LogP contribution in [-0.2, 0) is 13.5 Å². The molecule has 2 heterocycles. The van der Waals surface area contributed by atoms with Gasteiger partial charge in [-0.25, -0.2) is 4.98 Å². The first-order valence-electron chi connectivity index (χ1n) is 5.51. The molecule has 17 heavy (non-hydrogen) atoms. The molecule has 0 atom stereocenters. The highest BCUT2D eigenvalue weighted by atomic mass is 16.5. The van der Waals surface area contributed by atoms with Gasteiger partial charge in [-0.15, -0.1) is 0 Å². The van der Waals surface area contributed by atoms with E-state index < -0.39 is 5.91 Å². The molecule has 0 unspecified atom stereocenters. The molecule has 0 fully saturated rings. The highest BCUT2D eigenvalue weighted by Crippen LogP contribution is 2.36. The van der Waals surface area contributed by atoms with E-state index in [0.717, 1.165) is 28.8 Å². The molecule has 5 nitrogen and oxygen atoms in total. The molecule has 1 aromatic heterocycles. The zero-order valence-electron chi connectivity index (χ0n) is 9.78. The first-order valence-corrected chi connectivity index (χ1v) is 5.51. The molecule has 2 N–H and O–H groups in total. The second kappa shape index (κ2) is 3.23. The Morgan fingerprint density at radius 1 is 1.59 bits per heavy atom. The van der Waals surface area contributed by atoms with Gasteiger partial charge < -0.3 is 15.0 Å². The number of imidazole rings is 1. The second-order valence-electron chi connectivity index (χ2n) is 4.28. The minimum absolute atomic E-state index is 0.433. The molecule has 0 saturated heterocycles. The summed E-state index contributed by atoms with van der Waals surface area (Å²) in [5, 5.41) is 0. The lowest BCUT2D eigenvalue weighted by molar-refractivity contribution is 0.0997. The van der Waals surface area contributed by atoms with Crippen molar-refractivity contribution in [1.82, 2.24) is 9.55 Å². The van der Waals surface area contributed by atoms with Crippen LogP contribution in [0.5, 0.6) is 5.75 Å². The summed E-state index contributed by atoms with van der Waals surface area (Å²) in [5.41, 5.74) is 8.69. The first-order chi connectivity index (χ1) is 8.09. The van der Waals surface area contributed by atoms with Crippen LogP contribution >= 0.6 is 0 Å². The number of carbonyl (C=O) groups excluding carboxylic acids is 1. The fraction of sp³-hybridized carbons (Fsp3) is 0.333. The number of benzene rings is 1. The van der Waals surface area contributed by atoms with Crippen molar-refractivity contribution in [2.45, 2.75) is 13.3 Å². The van der Waals surface area contributed by atoms with Gasteiger partial charge in [-0.2, -0.15) is 0 Å². The maximum Gasteiger partial charge on any atom is 0.252 e. The molecule has 0 spiro atoms. The Bertz CT molecular complexity index is 643. The van der Waals surface area contributed by atoms with Crippen molar-refractivity contribution in [3.63, 3.8) is 0 Å². The van der Waals surface area contributed by atoms with Crippen molar-refractivity contribution in [3.8, 4) is 5.75 Å². The van der Waals surface area contributed by atoms with Gasteiger partial charge in [-0.05, 0) is 13.0 Å². The molecular weight excluding hydrogens is 218 g/mol. The van der Waals surface area contributed by atoms with Gasteiger partial charge in [-0.3, -0.25) is 4.79 Å². The van der Waals surface area contributed by atoms with Gasteiger partial charge in [0.2, 0.25) is 0 Å². The van der Waals surface area contributed by atoms with E-state index in [1.165, 1.54) is 0 Å². The predicted molar refractivity (Wildman–Crippen MR) is 63.2 cm³/mol. The molecule has 3 rings (SSSR count). The van der Waals surface area contributed by atoms with Gasteiger partial charge in [0.15, 0.2) is 0 Å². The maximum absolute atomic E-state index is 11.4. The van der Waals surface area contributed by atoms with E-state index in [0.29, 0.717) is 17.9 Å². The summed E-state index contributed by atoms with van der Waals surface area (Å²) >= 11 is 0. The Morgan fingerprint density at radius 3 is 3.06 bits per heavy atom. The summed E-state index contributed by atoms with van der Waals surface area (Å²) in [6.07, 6.45) is 0.798. The number of carbonyl (C=O) groups is 1. The number of aromatic nitrogens is 2. The van der Waals surface area contributed by atoms with E-state index in [2.05, 4.69) is 4.98 Å². The predicted octanol–water partition coefficient (Wildman–Crippen LogP) is 0.916. The zero-order chi connectivity index (χ0) is 12.2. The minimum atomic E-state index is -0.464. The molecule has 88 valence electrons. The summed E-state index contributed by atoms with van der Waals surface area (Å²) in [7, 11) is 1.97. The Labute approximate surface area is 98.2 Å². The highest BCUT2D eigenvalue weighted by molar-refractivity contribution is 6.01. The van der Waals surface area contributed by atoms with Crippen molar-refractivity contribution in [2.75, 3.05) is 6.61 Å².